The summed E-state index contributed by atoms with van der Waals surface area (Å²) in [6, 6.07) is 0. The molecule has 0 aromatic rings. The largest absolute Gasteiger partial charge is 0.381 e. The van der Waals surface area contributed by atoms with E-state index in [1.807, 2.05) is 7.11 Å². The van der Waals surface area contributed by atoms with Crippen LogP contribution in [0.5, 0.6) is 0 Å². The van der Waals surface area contributed by atoms with Gasteiger partial charge in [-0.3, -0.25) is 0 Å². The van der Waals surface area contributed by atoms with Crippen LogP contribution in [0.3, 0.4) is 0 Å². The van der Waals surface area contributed by atoms with E-state index in [0.717, 1.165) is 6.42 Å². The van der Waals surface area contributed by atoms with Gasteiger partial charge in [-0.2, -0.15) is 0 Å². The van der Waals surface area contributed by atoms with E-state index < -0.39 is 0 Å². The number of methoxy groups -OCH3 is 1. The predicted molar refractivity (Wildman–Crippen MR) is 86.5 cm³/mol. The summed E-state index contributed by atoms with van der Waals surface area (Å²) in [5.41, 5.74) is 0. The van der Waals surface area contributed by atoms with Crippen molar-refractivity contribution in [2.75, 3.05) is 7.11 Å². The Balaban J connectivity index is 3.26. The fraction of sp³-hybridized carbons (Fsp3) is 0.944. The molecule has 0 aromatic carbocycles. The maximum atomic E-state index is 5.58. The molecule has 1 radical (unpaired) electrons. The summed E-state index contributed by atoms with van der Waals surface area (Å²) >= 11 is 0. The summed E-state index contributed by atoms with van der Waals surface area (Å²) < 4.78 is 5.58. The first-order valence-electron chi connectivity index (χ1n) is 8.67. The lowest BCUT2D eigenvalue weighted by atomic mass is 10.0. The molecule has 0 aliphatic carbocycles. The minimum absolute atomic E-state index is 0.517. The third-order valence-corrected chi connectivity index (χ3v) is 3.99. The van der Waals surface area contributed by atoms with Crippen LogP contribution in [0.25, 0.3) is 0 Å². The summed E-state index contributed by atoms with van der Waals surface area (Å²) in [6.07, 6.45) is 19.2. The Morgan fingerprint density at radius 3 is 1.68 bits per heavy atom. The van der Waals surface area contributed by atoms with Gasteiger partial charge in [0.2, 0.25) is 0 Å². The molecule has 0 bridgehead atoms. The summed E-state index contributed by atoms with van der Waals surface area (Å²) in [6.45, 7) is 6.15. The molecule has 0 spiro atoms. The standard InChI is InChI=1S/C18H37O/c1-4-6-8-10-11-12-13-15-17-18(19-3)16-14-9-7-5-2/h18H,1,4-17H2,2-3H3. The zero-order chi connectivity index (χ0) is 14.2. The Kier molecular flexibility index (Phi) is 16.0. The van der Waals surface area contributed by atoms with Gasteiger partial charge in [0.1, 0.15) is 0 Å². The van der Waals surface area contributed by atoms with Gasteiger partial charge in [0.15, 0.2) is 0 Å². The summed E-state index contributed by atoms with van der Waals surface area (Å²) in [5.74, 6) is 0. The van der Waals surface area contributed by atoms with Crippen molar-refractivity contribution in [2.45, 2.75) is 103 Å². The van der Waals surface area contributed by atoms with Gasteiger partial charge < -0.3 is 4.74 Å². The average Bonchev–Trinajstić information content (AvgIpc) is 2.44. The van der Waals surface area contributed by atoms with E-state index in [4.69, 9.17) is 4.74 Å². The molecule has 0 aliphatic rings. The fourth-order valence-electron chi connectivity index (χ4n) is 2.61. The second kappa shape index (κ2) is 16.0. The van der Waals surface area contributed by atoms with Crippen molar-refractivity contribution >= 4 is 0 Å². The van der Waals surface area contributed by atoms with Gasteiger partial charge in [0, 0.05) is 7.11 Å². The smallest absolute Gasteiger partial charge is 0.0571 e. The molecule has 0 amide bonds. The maximum absolute atomic E-state index is 5.58. The van der Waals surface area contributed by atoms with E-state index in [-0.39, 0.29) is 0 Å². The van der Waals surface area contributed by atoms with Crippen molar-refractivity contribution in [1.82, 2.24) is 0 Å². The molecular formula is C18H37O. The molecule has 1 atom stereocenters. The number of hydrogen-bond acceptors (Lipinski definition) is 1. The first kappa shape index (κ1) is 19.0. The summed E-state index contributed by atoms with van der Waals surface area (Å²) in [4.78, 5) is 0. The van der Waals surface area contributed by atoms with Crippen molar-refractivity contribution < 1.29 is 4.74 Å². The fourth-order valence-corrected chi connectivity index (χ4v) is 2.61. The highest BCUT2D eigenvalue weighted by Gasteiger charge is 2.06. The highest BCUT2D eigenvalue weighted by atomic mass is 16.5. The molecule has 0 aromatic heterocycles. The number of rotatable bonds is 15. The molecule has 1 nitrogen and oxygen atoms in total. The highest BCUT2D eigenvalue weighted by molar-refractivity contribution is 4.59. The summed E-state index contributed by atoms with van der Waals surface area (Å²) in [7, 11) is 1.88. The van der Waals surface area contributed by atoms with E-state index in [0.29, 0.717) is 6.10 Å². The molecule has 0 heterocycles. The third-order valence-electron chi connectivity index (χ3n) is 3.99. The lowest BCUT2D eigenvalue weighted by Gasteiger charge is -2.14. The first-order valence-corrected chi connectivity index (χ1v) is 8.67. The van der Waals surface area contributed by atoms with Crippen LogP contribution in [-0.4, -0.2) is 13.2 Å². The van der Waals surface area contributed by atoms with Crippen LogP contribution < -0.4 is 0 Å². The Morgan fingerprint density at radius 1 is 0.737 bits per heavy atom. The normalized spacial score (nSPS) is 12.8. The van der Waals surface area contributed by atoms with Crippen LogP contribution in [0.1, 0.15) is 96.8 Å². The number of ether oxygens (including phenoxy) is 1. The molecule has 0 fully saturated rings. The van der Waals surface area contributed by atoms with E-state index in [1.165, 1.54) is 83.5 Å². The molecule has 115 valence electrons. The highest BCUT2D eigenvalue weighted by Crippen LogP contribution is 2.15. The van der Waals surface area contributed by atoms with Crippen LogP contribution >= 0.6 is 0 Å². The summed E-state index contributed by atoms with van der Waals surface area (Å²) in [5, 5.41) is 0. The van der Waals surface area contributed by atoms with Crippen molar-refractivity contribution in [3.63, 3.8) is 0 Å². The van der Waals surface area contributed by atoms with E-state index in [2.05, 4.69) is 13.8 Å². The molecule has 1 heteroatoms. The topological polar surface area (TPSA) is 9.23 Å². The number of unbranched alkanes of at least 4 members (excludes halogenated alkanes) is 10. The van der Waals surface area contributed by atoms with Crippen molar-refractivity contribution in [3.8, 4) is 0 Å². The molecule has 0 saturated heterocycles. The molecule has 0 rings (SSSR count). The van der Waals surface area contributed by atoms with Crippen molar-refractivity contribution in [3.05, 3.63) is 6.92 Å². The zero-order valence-corrected chi connectivity index (χ0v) is 13.6. The van der Waals surface area contributed by atoms with Gasteiger partial charge in [-0.25, -0.2) is 0 Å². The Morgan fingerprint density at radius 2 is 1.21 bits per heavy atom. The number of hydrogen-bond donors (Lipinski definition) is 0. The molecule has 0 aliphatic heterocycles. The van der Waals surface area contributed by atoms with Gasteiger partial charge in [-0.05, 0) is 12.8 Å². The van der Waals surface area contributed by atoms with Crippen molar-refractivity contribution in [2.24, 2.45) is 0 Å². The Hall–Kier alpha value is -0.0400. The second-order valence-electron chi connectivity index (χ2n) is 5.82. The minimum atomic E-state index is 0.517. The predicted octanol–water partition coefficient (Wildman–Crippen LogP) is 6.32. The maximum Gasteiger partial charge on any atom is 0.0571 e. The lowest BCUT2D eigenvalue weighted by Crippen LogP contribution is -2.10. The third kappa shape index (κ3) is 14.2. The van der Waals surface area contributed by atoms with Gasteiger partial charge in [0.25, 0.3) is 0 Å². The second-order valence-corrected chi connectivity index (χ2v) is 5.82. The van der Waals surface area contributed by atoms with E-state index in [1.54, 1.807) is 0 Å². The van der Waals surface area contributed by atoms with Crippen LogP contribution in [0.4, 0.5) is 0 Å². The molecular weight excluding hydrogens is 232 g/mol. The quantitative estimate of drug-likeness (QED) is 0.316. The Bertz CT molecular complexity index is 156. The van der Waals surface area contributed by atoms with Gasteiger partial charge in [-0.15, -0.1) is 0 Å². The monoisotopic (exact) mass is 269 g/mol. The molecule has 1 unspecified atom stereocenters. The zero-order valence-electron chi connectivity index (χ0n) is 13.6. The van der Waals surface area contributed by atoms with Crippen LogP contribution in [-0.2, 0) is 4.74 Å². The van der Waals surface area contributed by atoms with Gasteiger partial charge in [0.05, 0.1) is 6.10 Å². The average molecular weight is 269 g/mol. The van der Waals surface area contributed by atoms with Gasteiger partial charge >= 0.3 is 0 Å². The van der Waals surface area contributed by atoms with Crippen LogP contribution in [0.2, 0.25) is 0 Å². The SMILES string of the molecule is [CH2]CCCCCCCCCC(CCCCCC)OC. The van der Waals surface area contributed by atoms with E-state index in [9.17, 15) is 0 Å². The lowest BCUT2D eigenvalue weighted by molar-refractivity contribution is 0.0832. The Labute approximate surface area is 122 Å². The van der Waals surface area contributed by atoms with Gasteiger partial charge in [-0.1, -0.05) is 90.9 Å². The first-order chi connectivity index (χ1) is 9.35. The molecule has 0 N–H and O–H groups in total. The van der Waals surface area contributed by atoms with Crippen LogP contribution in [0, 0.1) is 6.92 Å². The van der Waals surface area contributed by atoms with E-state index >= 15 is 0 Å². The minimum Gasteiger partial charge on any atom is -0.381 e. The molecule has 0 saturated carbocycles. The van der Waals surface area contributed by atoms with Crippen LogP contribution in [0.15, 0.2) is 0 Å². The van der Waals surface area contributed by atoms with Crippen molar-refractivity contribution in [1.29, 1.82) is 0 Å². The molecule has 19 heavy (non-hydrogen) atoms.